The standard InChI is InChI=1S/C20H23ClFN3O3S/c1-14-3-6-19(15(2)11-14)29(27,28)25-9-7-24(8-10-25)13-20(26)23-18-12-16(21)4-5-17(18)22/h3-6,11-12H,7-10,13H2,1-2H3,(H,23,26). The van der Waals surface area contributed by atoms with Gasteiger partial charge in [-0.2, -0.15) is 4.31 Å². The zero-order chi connectivity index (χ0) is 21.2. The monoisotopic (exact) mass is 439 g/mol. The van der Waals surface area contributed by atoms with Crippen LogP contribution in [0, 0.1) is 19.7 Å². The van der Waals surface area contributed by atoms with E-state index in [9.17, 15) is 17.6 Å². The molecule has 1 amide bonds. The van der Waals surface area contributed by atoms with Crippen LogP contribution >= 0.6 is 11.6 Å². The van der Waals surface area contributed by atoms with Gasteiger partial charge in [-0.25, -0.2) is 12.8 Å². The fraction of sp³-hybridized carbons (Fsp3) is 0.350. The Morgan fingerprint density at radius 2 is 1.79 bits per heavy atom. The van der Waals surface area contributed by atoms with E-state index < -0.39 is 15.8 Å². The maximum atomic E-state index is 13.7. The van der Waals surface area contributed by atoms with E-state index in [0.717, 1.165) is 11.1 Å². The molecule has 1 aliphatic rings. The predicted octanol–water partition coefficient (Wildman–Crippen LogP) is 3.04. The van der Waals surface area contributed by atoms with Crippen molar-refractivity contribution < 1.29 is 17.6 Å². The van der Waals surface area contributed by atoms with E-state index in [-0.39, 0.29) is 31.2 Å². The van der Waals surface area contributed by atoms with Crippen molar-refractivity contribution in [2.24, 2.45) is 0 Å². The number of benzene rings is 2. The van der Waals surface area contributed by atoms with Crippen molar-refractivity contribution in [2.45, 2.75) is 18.7 Å². The lowest BCUT2D eigenvalue weighted by atomic mass is 10.2. The Bertz CT molecular complexity index is 1020. The van der Waals surface area contributed by atoms with Crippen molar-refractivity contribution in [3.05, 3.63) is 58.4 Å². The van der Waals surface area contributed by atoms with Gasteiger partial charge in [0, 0.05) is 31.2 Å². The summed E-state index contributed by atoms with van der Waals surface area (Å²) in [5.74, 6) is -0.941. The quantitative estimate of drug-likeness (QED) is 0.777. The Morgan fingerprint density at radius 3 is 2.45 bits per heavy atom. The largest absolute Gasteiger partial charge is 0.322 e. The average Bonchev–Trinajstić information content (AvgIpc) is 2.65. The van der Waals surface area contributed by atoms with Crippen LogP contribution in [0.15, 0.2) is 41.3 Å². The molecule has 1 N–H and O–H groups in total. The molecule has 0 radical (unpaired) electrons. The summed E-state index contributed by atoms with van der Waals surface area (Å²) in [5.41, 5.74) is 1.75. The fourth-order valence-electron chi connectivity index (χ4n) is 3.34. The first-order chi connectivity index (χ1) is 13.7. The van der Waals surface area contributed by atoms with Crippen LogP contribution in [0.3, 0.4) is 0 Å². The minimum absolute atomic E-state index is 0.0264. The minimum Gasteiger partial charge on any atom is -0.322 e. The molecule has 6 nitrogen and oxygen atoms in total. The van der Waals surface area contributed by atoms with Gasteiger partial charge in [-0.3, -0.25) is 9.69 Å². The second-order valence-electron chi connectivity index (χ2n) is 7.12. The molecule has 0 saturated carbocycles. The number of hydrogen-bond donors (Lipinski definition) is 1. The number of aryl methyl sites for hydroxylation is 2. The van der Waals surface area contributed by atoms with E-state index >= 15 is 0 Å². The normalized spacial score (nSPS) is 16.0. The lowest BCUT2D eigenvalue weighted by Crippen LogP contribution is -2.50. The van der Waals surface area contributed by atoms with Crippen LogP contribution in [0.1, 0.15) is 11.1 Å². The number of nitrogens with one attached hydrogen (secondary N) is 1. The van der Waals surface area contributed by atoms with Gasteiger partial charge in [0.2, 0.25) is 15.9 Å². The van der Waals surface area contributed by atoms with Gasteiger partial charge in [0.05, 0.1) is 17.1 Å². The number of nitrogens with zero attached hydrogens (tertiary/aromatic N) is 2. The fourth-order valence-corrected chi connectivity index (χ4v) is 5.14. The number of halogens is 2. The van der Waals surface area contributed by atoms with E-state index in [4.69, 9.17) is 11.6 Å². The number of amides is 1. The second kappa shape index (κ2) is 8.79. The molecule has 1 saturated heterocycles. The number of anilines is 1. The van der Waals surface area contributed by atoms with Gasteiger partial charge in [0.25, 0.3) is 0 Å². The number of piperazine rings is 1. The molecule has 1 heterocycles. The third kappa shape index (κ3) is 5.14. The Labute approximate surface area is 175 Å². The van der Waals surface area contributed by atoms with Gasteiger partial charge in [0.15, 0.2) is 0 Å². The Balaban J connectivity index is 1.58. The van der Waals surface area contributed by atoms with Crippen LogP contribution in [0.25, 0.3) is 0 Å². The van der Waals surface area contributed by atoms with Gasteiger partial charge >= 0.3 is 0 Å². The summed E-state index contributed by atoms with van der Waals surface area (Å²) >= 11 is 5.83. The maximum Gasteiger partial charge on any atom is 0.243 e. The minimum atomic E-state index is -3.58. The molecule has 2 aromatic rings. The van der Waals surface area contributed by atoms with E-state index in [1.54, 1.807) is 19.1 Å². The molecule has 0 atom stereocenters. The van der Waals surface area contributed by atoms with Crippen LogP contribution < -0.4 is 5.32 Å². The number of carbonyl (C=O) groups excluding carboxylic acids is 1. The van der Waals surface area contributed by atoms with Gasteiger partial charge in [-0.05, 0) is 43.7 Å². The Kier molecular flexibility index (Phi) is 6.58. The average molecular weight is 440 g/mol. The smallest absolute Gasteiger partial charge is 0.243 e. The summed E-state index contributed by atoms with van der Waals surface area (Å²) in [4.78, 5) is 14.4. The molecule has 3 rings (SSSR count). The summed E-state index contributed by atoms with van der Waals surface area (Å²) in [6.07, 6.45) is 0. The lowest BCUT2D eigenvalue weighted by Gasteiger charge is -2.33. The molecule has 9 heteroatoms. The van der Waals surface area contributed by atoms with Crippen molar-refractivity contribution in [1.29, 1.82) is 0 Å². The molecule has 0 spiro atoms. The first-order valence-corrected chi connectivity index (χ1v) is 11.0. The molecule has 0 unspecified atom stereocenters. The highest BCUT2D eigenvalue weighted by Gasteiger charge is 2.30. The zero-order valence-corrected chi connectivity index (χ0v) is 17.9. The zero-order valence-electron chi connectivity index (χ0n) is 16.3. The molecule has 0 aromatic heterocycles. The Hall–Kier alpha value is -2.00. The second-order valence-corrected chi connectivity index (χ2v) is 9.46. The maximum absolute atomic E-state index is 13.7. The van der Waals surface area contributed by atoms with Crippen LogP contribution in [0.5, 0.6) is 0 Å². The topological polar surface area (TPSA) is 69.7 Å². The molecule has 1 fully saturated rings. The highest BCUT2D eigenvalue weighted by molar-refractivity contribution is 7.89. The van der Waals surface area contributed by atoms with Gasteiger partial charge in [0.1, 0.15) is 5.82 Å². The third-order valence-corrected chi connectivity index (χ3v) is 7.14. The molecule has 29 heavy (non-hydrogen) atoms. The van der Waals surface area contributed by atoms with Gasteiger partial charge < -0.3 is 5.32 Å². The van der Waals surface area contributed by atoms with Gasteiger partial charge in [-0.15, -0.1) is 0 Å². The van der Waals surface area contributed by atoms with Crippen LogP contribution in [-0.4, -0.2) is 56.3 Å². The molecule has 2 aromatic carbocycles. The number of sulfonamides is 1. The lowest BCUT2D eigenvalue weighted by molar-refractivity contribution is -0.117. The number of rotatable bonds is 5. The number of carbonyl (C=O) groups is 1. The van der Waals surface area contributed by atoms with Crippen LogP contribution in [0.2, 0.25) is 5.02 Å². The molecule has 0 bridgehead atoms. The van der Waals surface area contributed by atoms with Crippen molar-refractivity contribution >= 4 is 33.2 Å². The summed E-state index contributed by atoms with van der Waals surface area (Å²) in [7, 11) is -3.58. The molecular formula is C20H23ClFN3O3S. The summed E-state index contributed by atoms with van der Waals surface area (Å²) in [5, 5.41) is 2.83. The molecular weight excluding hydrogens is 417 g/mol. The molecule has 0 aliphatic carbocycles. The highest BCUT2D eigenvalue weighted by atomic mass is 35.5. The van der Waals surface area contributed by atoms with Crippen LogP contribution in [0.4, 0.5) is 10.1 Å². The summed E-state index contributed by atoms with van der Waals surface area (Å²) in [6, 6.07) is 9.22. The SMILES string of the molecule is Cc1ccc(S(=O)(=O)N2CCN(CC(=O)Nc3cc(Cl)ccc3F)CC2)c(C)c1. The summed E-state index contributed by atoms with van der Waals surface area (Å²) < 4.78 is 41.1. The number of hydrogen-bond acceptors (Lipinski definition) is 4. The van der Waals surface area contributed by atoms with Gasteiger partial charge in [-0.1, -0.05) is 29.3 Å². The third-order valence-electron chi connectivity index (χ3n) is 4.85. The predicted molar refractivity (Wildman–Crippen MR) is 111 cm³/mol. The van der Waals surface area contributed by atoms with E-state index in [1.165, 1.54) is 22.5 Å². The van der Waals surface area contributed by atoms with Crippen molar-refractivity contribution in [3.8, 4) is 0 Å². The first-order valence-electron chi connectivity index (χ1n) is 9.21. The van der Waals surface area contributed by atoms with E-state index in [2.05, 4.69) is 5.32 Å². The summed E-state index contributed by atoms with van der Waals surface area (Å²) in [6.45, 7) is 5.15. The Morgan fingerprint density at radius 1 is 1.10 bits per heavy atom. The highest BCUT2D eigenvalue weighted by Crippen LogP contribution is 2.22. The first kappa shape index (κ1) is 21.7. The van der Waals surface area contributed by atoms with E-state index in [1.807, 2.05) is 17.9 Å². The van der Waals surface area contributed by atoms with Crippen LogP contribution in [-0.2, 0) is 14.8 Å². The van der Waals surface area contributed by atoms with Crippen molar-refractivity contribution in [3.63, 3.8) is 0 Å². The van der Waals surface area contributed by atoms with E-state index in [0.29, 0.717) is 23.0 Å². The molecule has 156 valence electrons. The van der Waals surface area contributed by atoms with Crippen molar-refractivity contribution in [2.75, 3.05) is 38.0 Å². The molecule has 1 aliphatic heterocycles. The van der Waals surface area contributed by atoms with Crippen molar-refractivity contribution in [1.82, 2.24) is 9.21 Å².